The summed E-state index contributed by atoms with van der Waals surface area (Å²) >= 11 is 0. The Hall–Kier alpha value is -1.09. The highest BCUT2D eigenvalue weighted by molar-refractivity contribution is 5.29. The van der Waals surface area contributed by atoms with Gasteiger partial charge in [-0.3, -0.25) is 0 Å². The molecule has 0 bridgehead atoms. The minimum absolute atomic E-state index is 0.252. The van der Waals surface area contributed by atoms with Crippen molar-refractivity contribution in [3.63, 3.8) is 0 Å². The van der Waals surface area contributed by atoms with Crippen molar-refractivity contribution >= 4 is 0 Å². The highest BCUT2D eigenvalue weighted by Crippen LogP contribution is 2.20. The minimum Gasteiger partial charge on any atom is -0.494 e. The van der Waals surface area contributed by atoms with Gasteiger partial charge in [-0.15, -0.1) is 0 Å². The average Bonchev–Trinajstić information content (AvgIpc) is 2.14. The Morgan fingerprint density at radius 1 is 1.40 bits per heavy atom. The quantitative estimate of drug-likeness (QED) is 0.831. The number of ether oxygens (including phenoxy) is 1. The maximum Gasteiger partial charge on any atom is 0.165 e. The molecule has 1 aromatic carbocycles. The predicted octanol–water partition coefficient (Wildman–Crippen LogP) is 2.54. The summed E-state index contributed by atoms with van der Waals surface area (Å²) in [7, 11) is 1.44. The highest BCUT2D eigenvalue weighted by atomic mass is 19.1. The van der Waals surface area contributed by atoms with Crippen LogP contribution in [0.3, 0.4) is 0 Å². The molecule has 0 heterocycles. The van der Waals surface area contributed by atoms with Gasteiger partial charge in [0.05, 0.1) is 12.7 Å². The first-order chi connectivity index (χ1) is 6.92. The first kappa shape index (κ1) is 12.0. The molecule has 15 heavy (non-hydrogen) atoms. The Morgan fingerprint density at radius 2 is 2.07 bits per heavy atom. The zero-order valence-corrected chi connectivity index (χ0v) is 9.38. The van der Waals surface area contributed by atoms with Crippen LogP contribution in [0.4, 0.5) is 4.39 Å². The van der Waals surface area contributed by atoms with Gasteiger partial charge in [0.25, 0.3) is 0 Å². The van der Waals surface area contributed by atoms with Crippen LogP contribution in [0.5, 0.6) is 5.75 Å². The average molecular weight is 212 g/mol. The van der Waals surface area contributed by atoms with Crippen LogP contribution in [0, 0.1) is 5.82 Å². The van der Waals surface area contributed by atoms with E-state index < -0.39 is 5.60 Å². The van der Waals surface area contributed by atoms with E-state index in [4.69, 9.17) is 4.74 Å². The molecule has 0 saturated carbocycles. The van der Waals surface area contributed by atoms with Crippen LogP contribution in [-0.2, 0) is 6.42 Å². The van der Waals surface area contributed by atoms with Crippen molar-refractivity contribution in [2.45, 2.75) is 32.3 Å². The van der Waals surface area contributed by atoms with Gasteiger partial charge in [0.2, 0.25) is 0 Å². The fourth-order valence-corrected chi connectivity index (χ4v) is 1.32. The van der Waals surface area contributed by atoms with E-state index in [2.05, 4.69) is 0 Å². The van der Waals surface area contributed by atoms with E-state index in [0.717, 1.165) is 5.56 Å². The summed E-state index contributed by atoms with van der Waals surface area (Å²) in [5, 5.41) is 9.53. The third-order valence-corrected chi connectivity index (χ3v) is 2.24. The molecule has 84 valence electrons. The first-order valence-corrected chi connectivity index (χ1v) is 4.97. The van der Waals surface area contributed by atoms with Crippen molar-refractivity contribution in [3.8, 4) is 5.75 Å². The van der Waals surface area contributed by atoms with Crippen LogP contribution in [0.1, 0.15) is 25.8 Å². The van der Waals surface area contributed by atoms with Crippen molar-refractivity contribution in [1.29, 1.82) is 0 Å². The zero-order valence-electron chi connectivity index (χ0n) is 9.38. The van der Waals surface area contributed by atoms with E-state index >= 15 is 0 Å². The lowest BCUT2D eigenvalue weighted by Gasteiger charge is -2.16. The lowest BCUT2D eigenvalue weighted by Crippen LogP contribution is -2.19. The molecule has 0 unspecified atom stereocenters. The second-order valence-electron chi connectivity index (χ2n) is 4.28. The van der Waals surface area contributed by atoms with Crippen molar-refractivity contribution in [1.82, 2.24) is 0 Å². The van der Waals surface area contributed by atoms with E-state index in [1.165, 1.54) is 13.2 Å². The topological polar surface area (TPSA) is 29.5 Å². The molecule has 1 N–H and O–H groups in total. The summed E-state index contributed by atoms with van der Waals surface area (Å²) in [5.74, 6) is -0.104. The second kappa shape index (κ2) is 4.62. The largest absolute Gasteiger partial charge is 0.494 e. The van der Waals surface area contributed by atoms with Gasteiger partial charge < -0.3 is 9.84 Å². The van der Waals surface area contributed by atoms with E-state index in [-0.39, 0.29) is 11.6 Å². The molecule has 0 spiro atoms. The van der Waals surface area contributed by atoms with Crippen molar-refractivity contribution in [3.05, 3.63) is 29.6 Å². The van der Waals surface area contributed by atoms with Crippen LogP contribution in [0.2, 0.25) is 0 Å². The summed E-state index contributed by atoms with van der Waals surface area (Å²) in [6.45, 7) is 3.49. The molecule has 0 saturated heterocycles. The summed E-state index contributed by atoms with van der Waals surface area (Å²) in [5.41, 5.74) is 0.159. The minimum atomic E-state index is -0.712. The Bertz CT molecular complexity index is 329. The van der Waals surface area contributed by atoms with Gasteiger partial charge in [0.15, 0.2) is 11.6 Å². The number of methoxy groups -OCH3 is 1. The van der Waals surface area contributed by atoms with E-state index in [1.54, 1.807) is 19.9 Å². The maximum atomic E-state index is 13.3. The molecule has 0 aliphatic rings. The van der Waals surface area contributed by atoms with Crippen LogP contribution in [0.15, 0.2) is 18.2 Å². The zero-order chi connectivity index (χ0) is 11.5. The molecule has 0 amide bonds. The highest BCUT2D eigenvalue weighted by Gasteiger charge is 2.12. The molecule has 0 aliphatic carbocycles. The number of hydrogen-bond donors (Lipinski definition) is 1. The predicted molar refractivity (Wildman–Crippen MR) is 57.6 cm³/mol. The Morgan fingerprint density at radius 3 is 2.53 bits per heavy atom. The molecule has 0 fully saturated rings. The molecule has 3 heteroatoms. The van der Waals surface area contributed by atoms with Crippen molar-refractivity contribution in [2.75, 3.05) is 7.11 Å². The SMILES string of the molecule is COc1ccc(CCC(C)(C)O)cc1F. The fourth-order valence-electron chi connectivity index (χ4n) is 1.32. The van der Waals surface area contributed by atoms with Crippen LogP contribution in [0.25, 0.3) is 0 Å². The van der Waals surface area contributed by atoms with Crippen LogP contribution < -0.4 is 4.74 Å². The molecule has 0 aliphatic heterocycles. The lowest BCUT2D eigenvalue weighted by molar-refractivity contribution is 0.0714. The third-order valence-electron chi connectivity index (χ3n) is 2.24. The Labute approximate surface area is 89.7 Å². The molecule has 0 radical (unpaired) electrons. The van der Waals surface area contributed by atoms with Gasteiger partial charge in [-0.25, -0.2) is 4.39 Å². The number of benzene rings is 1. The Balaban J connectivity index is 2.68. The molecular weight excluding hydrogens is 195 g/mol. The summed E-state index contributed by atoms with van der Waals surface area (Å²) in [6, 6.07) is 4.87. The fraction of sp³-hybridized carbons (Fsp3) is 0.500. The Kier molecular flexibility index (Phi) is 3.69. The third kappa shape index (κ3) is 3.88. The van der Waals surface area contributed by atoms with Crippen LogP contribution in [-0.4, -0.2) is 17.8 Å². The standard InChI is InChI=1S/C12H17FO2/c1-12(2,14)7-6-9-4-5-11(15-3)10(13)8-9/h4-5,8,14H,6-7H2,1-3H3. The summed E-state index contributed by atoms with van der Waals surface area (Å²) in [4.78, 5) is 0. The van der Waals surface area contributed by atoms with Gasteiger partial charge in [0, 0.05) is 0 Å². The van der Waals surface area contributed by atoms with E-state index in [9.17, 15) is 9.50 Å². The number of halogens is 1. The normalized spacial score (nSPS) is 11.5. The molecule has 0 aromatic heterocycles. The molecule has 1 aromatic rings. The van der Waals surface area contributed by atoms with Crippen molar-refractivity contribution < 1.29 is 14.2 Å². The van der Waals surface area contributed by atoms with Gasteiger partial charge in [-0.2, -0.15) is 0 Å². The van der Waals surface area contributed by atoms with Gasteiger partial charge >= 0.3 is 0 Å². The first-order valence-electron chi connectivity index (χ1n) is 4.97. The van der Waals surface area contributed by atoms with Crippen LogP contribution >= 0.6 is 0 Å². The molecule has 2 nitrogen and oxygen atoms in total. The molecule has 0 atom stereocenters. The second-order valence-corrected chi connectivity index (χ2v) is 4.28. The number of aryl methyl sites for hydroxylation is 1. The van der Waals surface area contributed by atoms with Crippen molar-refractivity contribution in [2.24, 2.45) is 0 Å². The molecule has 1 rings (SSSR count). The van der Waals surface area contributed by atoms with Gasteiger partial charge in [0.1, 0.15) is 0 Å². The number of rotatable bonds is 4. The lowest BCUT2D eigenvalue weighted by atomic mass is 9.99. The number of aliphatic hydroxyl groups is 1. The van der Waals surface area contributed by atoms with Gasteiger partial charge in [-0.1, -0.05) is 6.07 Å². The maximum absolute atomic E-state index is 13.3. The number of hydrogen-bond acceptors (Lipinski definition) is 2. The van der Waals surface area contributed by atoms with Gasteiger partial charge in [-0.05, 0) is 44.4 Å². The summed E-state index contributed by atoms with van der Waals surface area (Å²) < 4.78 is 18.1. The summed E-state index contributed by atoms with van der Waals surface area (Å²) in [6.07, 6.45) is 1.27. The van der Waals surface area contributed by atoms with E-state index in [0.29, 0.717) is 12.8 Å². The monoisotopic (exact) mass is 212 g/mol. The van der Waals surface area contributed by atoms with E-state index in [1.807, 2.05) is 6.07 Å². The smallest absolute Gasteiger partial charge is 0.165 e. The molecular formula is C12H17FO2.